The van der Waals surface area contributed by atoms with Crippen LogP contribution < -0.4 is 20.9 Å². The number of primary amides is 1. The van der Waals surface area contributed by atoms with Crippen LogP contribution >= 0.6 is 0 Å². The summed E-state index contributed by atoms with van der Waals surface area (Å²) in [4.78, 5) is 12.1. The number of aliphatic hydroxyl groups is 1. The summed E-state index contributed by atoms with van der Waals surface area (Å²) in [5.74, 6) is 0.112. The van der Waals surface area contributed by atoms with Crippen LogP contribution in [-0.2, 0) is 16.0 Å². The topological polar surface area (TPSA) is 117 Å². The molecule has 0 heterocycles. The highest BCUT2D eigenvalue weighted by molar-refractivity contribution is 5.81. The molecule has 0 saturated carbocycles. The van der Waals surface area contributed by atoms with Crippen molar-refractivity contribution in [3.63, 3.8) is 0 Å². The first-order valence-corrected chi connectivity index (χ1v) is 12.4. The first-order valence-electron chi connectivity index (χ1n) is 12.4. The molecule has 0 aliphatic rings. The molecule has 0 radical (unpaired) electrons. The average molecular weight is 505 g/mol. The molecule has 4 atom stereocenters. The zero-order valence-corrected chi connectivity index (χ0v) is 21.8. The van der Waals surface area contributed by atoms with Gasteiger partial charge >= 0.3 is 0 Å². The number of carbonyl (C=O) groups excluding carboxylic acids is 1. The summed E-state index contributed by atoms with van der Waals surface area (Å²) in [6, 6.07) is 10.9. The quantitative estimate of drug-likeness (QED) is 0.299. The number of carbonyl (C=O) groups is 1. The van der Waals surface area contributed by atoms with Crippen molar-refractivity contribution in [1.82, 2.24) is 0 Å². The van der Waals surface area contributed by atoms with E-state index in [0.29, 0.717) is 42.6 Å². The number of ether oxygens (including phenoxy) is 3. The van der Waals surface area contributed by atoms with Gasteiger partial charge in [0.25, 0.3) is 0 Å². The minimum Gasteiger partial charge on any atom is -0.493 e. The van der Waals surface area contributed by atoms with Gasteiger partial charge in [0.05, 0.1) is 25.7 Å². The zero-order chi connectivity index (χ0) is 26.7. The number of hydrogen-bond acceptors (Lipinski definition) is 6. The lowest BCUT2D eigenvalue weighted by molar-refractivity contribution is -0.120. The Balaban J connectivity index is 2.07. The van der Waals surface area contributed by atoms with Crippen LogP contribution in [0.3, 0.4) is 0 Å². The maximum Gasteiger partial charge on any atom is 0.225 e. The van der Waals surface area contributed by atoms with E-state index in [0.717, 1.165) is 18.4 Å². The molecule has 0 fully saturated rings. The fraction of sp³-hybridized carbons (Fsp3) is 0.536. The van der Waals surface area contributed by atoms with Crippen LogP contribution in [-0.4, -0.2) is 50.6 Å². The largest absolute Gasteiger partial charge is 0.493 e. The van der Waals surface area contributed by atoms with Crippen molar-refractivity contribution in [1.29, 1.82) is 0 Å². The molecule has 8 heteroatoms. The van der Waals surface area contributed by atoms with Gasteiger partial charge < -0.3 is 30.8 Å². The number of rotatable bonds is 16. The molecule has 1 unspecified atom stereocenters. The van der Waals surface area contributed by atoms with Gasteiger partial charge in [-0.1, -0.05) is 32.0 Å². The smallest absolute Gasteiger partial charge is 0.225 e. The van der Waals surface area contributed by atoms with Gasteiger partial charge in [0, 0.05) is 26.2 Å². The summed E-state index contributed by atoms with van der Waals surface area (Å²) in [6.07, 6.45) is 1.21. The fourth-order valence-electron chi connectivity index (χ4n) is 4.27. The highest BCUT2D eigenvalue weighted by Crippen LogP contribution is 2.32. The Labute approximate surface area is 213 Å². The van der Waals surface area contributed by atoms with Crippen molar-refractivity contribution in [2.75, 3.05) is 27.4 Å². The minimum atomic E-state index is -0.940. The number of halogens is 1. The van der Waals surface area contributed by atoms with Gasteiger partial charge in [0.2, 0.25) is 5.91 Å². The molecule has 7 nitrogen and oxygen atoms in total. The lowest BCUT2D eigenvalue weighted by atomic mass is 9.81. The third-order valence-corrected chi connectivity index (χ3v) is 6.58. The monoisotopic (exact) mass is 504 g/mol. The maximum atomic E-state index is 13.3. The molecule has 0 bridgehead atoms. The van der Waals surface area contributed by atoms with Gasteiger partial charge in [-0.15, -0.1) is 0 Å². The van der Waals surface area contributed by atoms with Crippen LogP contribution in [0.15, 0.2) is 42.5 Å². The number of hydrogen-bond donors (Lipinski definition) is 3. The fourth-order valence-corrected chi connectivity index (χ4v) is 4.27. The number of nitrogens with two attached hydrogens (primary N) is 2. The molecule has 2 rings (SSSR count). The maximum absolute atomic E-state index is 13.3. The Morgan fingerprint density at radius 2 is 1.72 bits per heavy atom. The van der Waals surface area contributed by atoms with Crippen molar-refractivity contribution >= 4 is 5.91 Å². The van der Waals surface area contributed by atoms with E-state index in [9.17, 15) is 14.3 Å². The molecule has 2 aromatic carbocycles. The Hall–Kier alpha value is -2.68. The molecule has 0 saturated heterocycles. The van der Waals surface area contributed by atoms with Gasteiger partial charge in [-0.05, 0) is 66.5 Å². The summed E-state index contributed by atoms with van der Waals surface area (Å²) in [5, 5.41) is 10.8. The molecule has 0 aliphatic carbocycles. The van der Waals surface area contributed by atoms with E-state index in [-0.39, 0.29) is 12.3 Å². The van der Waals surface area contributed by atoms with Crippen molar-refractivity contribution in [3.05, 3.63) is 59.4 Å². The van der Waals surface area contributed by atoms with Crippen molar-refractivity contribution in [2.45, 2.75) is 57.6 Å². The second kappa shape index (κ2) is 14.8. The van der Waals surface area contributed by atoms with Gasteiger partial charge in [0.15, 0.2) is 11.5 Å². The summed E-state index contributed by atoms with van der Waals surface area (Å²) in [7, 11) is 3.27. The molecule has 5 N–H and O–H groups in total. The number of benzene rings is 2. The van der Waals surface area contributed by atoms with Crippen LogP contribution in [0.5, 0.6) is 11.5 Å². The summed E-state index contributed by atoms with van der Waals surface area (Å²) in [5.41, 5.74) is 13.6. The Morgan fingerprint density at radius 1 is 1.03 bits per heavy atom. The number of aliphatic hydroxyl groups excluding tert-OH is 1. The number of methoxy groups -OCH3 is 2. The van der Waals surface area contributed by atoms with Crippen LogP contribution in [0.4, 0.5) is 4.39 Å². The van der Waals surface area contributed by atoms with Crippen LogP contribution in [0.1, 0.15) is 50.2 Å². The molecule has 0 aromatic heterocycles. The molecule has 1 amide bonds. The third kappa shape index (κ3) is 9.08. The zero-order valence-electron chi connectivity index (χ0n) is 21.8. The standard InChI is InChI=1S/C28H41FN2O5/c1-18(2)21(14-19-6-11-26(35-4)27(15-19)36-13-5-12-34-3)16-24(30)25(32)17-23(28(31)33)20-7-9-22(29)10-8-20/h6-11,15,18,21,23-25,32H,5,12-14,16-17,30H2,1-4H3,(H2,31,33)/t21-,23?,24-,25-/m0/s1. The van der Waals surface area contributed by atoms with E-state index in [1.807, 2.05) is 18.2 Å². The van der Waals surface area contributed by atoms with Crippen LogP contribution in [0.2, 0.25) is 0 Å². The van der Waals surface area contributed by atoms with E-state index in [2.05, 4.69) is 13.8 Å². The number of amides is 1. The van der Waals surface area contributed by atoms with Crippen molar-refractivity contribution in [3.8, 4) is 11.5 Å². The van der Waals surface area contributed by atoms with Crippen molar-refractivity contribution < 1.29 is 28.5 Å². The highest BCUT2D eigenvalue weighted by Gasteiger charge is 2.28. The molecule has 36 heavy (non-hydrogen) atoms. The van der Waals surface area contributed by atoms with Gasteiger partial charge in [-0.25, -0.2) is 4.39 Å². The lowest BCUT2D eigenvalue weighted by Gasteiger charge is -2.29. The third-order valence-electron chi connectivity index (χ3n) is 6.58. The normalized spacial score (nSPS) is 14.8. The minimum absolute atomic E-state index is 0.0783. The van der Waals surface area contributed by atoms with E-state index in [1.165, 1.54) is 24.3 Å². The van der Waals surface area contributed by atoms with Gasteiger partial charge in [-0.3, -0.25) is 4.79 Å². The van der Waals surface area contributed by atoms with Crippen molar-refractivity contribution in [2.24, 2.45) is 23.3 Å². The second-order valence-corrected chi connectivity index (χ2v) is 9.60. The Kier molecular flexibility index (Phi) is 12.1. The van der Waals surface area contributed by atoms with Crippen LogP contribution in [0.25, 0.3) is 0 Å². The van der Waals surface area contributed by atoms with E-state index >= 15 is 0 Å². The van der Waals surface area contributed by atoms with E-state index < -0.39 is 29.8 Å². The second-order valence-electron chi connectivity index (χ2n) is 9.60. The SMILES string of the molecule is COCCCOc1cc(C[C@@H](C[C@H](N)[C@@H](O)CC(C(N)=O)c2ccc(F)cc2)C(C)C)ccc1OC. The van der Waals surface area contributed by atoms with Gasteiger partial charge in [-0.2, -0.15) is 0 Å². The molecular formula is C28H41FN2O5. The summed E-state index contributed by atoms with van der Waals surface area (Å²) in [6.45, 7) is 5.39. The van der Waals surface area contributed by atoms with E-state index in [4.69, 9.17) is 25.7 Å². The Morgan fingerprint density at radius 3 is 2.31 bits per heavy atom. The molecule has 0 spiro atoms. The first-order chi connectivity index (χ1) is 17.2. The first kappa shape index (κ1) is 29.5. The summed E-state index contributed by atoms with van der Waals surface area (Å²) >= 11 is 0. The summed E-state index contributed by atoms with van der Waals surface area (Å²) < 4.78 is 29.7. The predicted octanol–water partition coefficient (Wildman–Crippen LogP) is 3.80. The van der Waals surface area contributed by atoms with E-state index in [1.54, 1.807) is 14.2 Å². The molecule has 0 aliphatic heterocycles. The van der Waals surface area contributed by atoms with Gasteiger partial charge in [0.1, 0.15) is 5.82 Å². The molecular weight excluding hydrogens is 463 g/mol. The lowest BCUT2D eigenvalue weighted by Crippen LogP contribution is -2.40. The van der Waals surface area contributed by atoms with Crippen LogP contribution in [0, 0.1) is 17.7 Å². The molecule has 2 aromatic rings. The Bertz CT molecular complexity index is 938. The highest BCUT2D eigenvalue weighted by atomic mass is 19.1. The predicted molar refractivity (Wildman–Crippen MR) is 139 cm³/mol. The molecule has 200 valence electrons. The average Bonchev–Trinajstić information content (AvgIpc) is 2.85.